The maximum atomic E-state index is 10.8. The third kappa shape index (κ3) is 4.27. The minimum absolute atomic E-state index is 0.148. The molecule has 5 nitrogen and oxygen atoms in total. The average molecular weight is 188 g/mol. The number of aliphatic hydroxyl groups excluding tert-OH is 1. The first-order chi connectivity index (χ1) is 5.99. The van der Waals surface area contributed by atoms with Crippen molar-refractivity contribution < 1.29 is 24.5 Å². The van der Waals surface area contributed by atoms with Crippen LogP contribution in [-0.2, 0) is 14.3 Å². The highest BCUT2D eigenvalue weighted by atomic mass is 16.5. The predicted octanol–water partition coefficient (Wildman–Crippen LogP) is -0.0587. The van der Waals surface area contributed by atoms with Crippen molar-refractivity contribution in [3.05, 3.63) is 12.2 Å². The largest absolute Gasteiger partial charge is 0.478 e. The van der Waals surface area contributed by atoms with E-state index < -0.39 is 18.0 Å². The lowest BCUT2D eigenvalue weighted by molar-refractivity contribution is -0.153. The van der Waals surface area contributed by atoms with Crippen molar-refractivity contribution >= 4 is 11.9 Å². The summed E-state index contributed by atoms with van der Waals surface area (Å²) in [5.74, 6) is -2.06. The Morgan fingerprint density at radius 2 is 2.08 bits per heavy atom. The molecule has 0 spiro atoms. The van der Waals surface area contributed by atoms with Gasteiger partial charge in [0.05, 0.1) is 6.61 Å². The maximum Gasteiger partial charge on any atom is 0.335 e. The van der Waals surface area contributed by atoms with Crippen molar-refractivity contribution in [2.75, 3.05) is 6.61 Å². The van der Waals surface area contributed by atoms with Gasteiger partial charge in [0.25, 0.3) is 0 Å². The summed E-state index contributed by atoms with van der Waals surface area (Å²) >= 11 is 0. The lowest BCUT2D eigenvalue weighted by Gasteiger charge is -2.08. The van der Waals surface area contributed by atoms with Crippen molar-refractivity contribution in [1.82, 2.24) is 0 Å². The van der Waals surface area contributed by atoms with Crippen LogP contribution in [0.1, 0.15) is 13.3 Å². The fourth-order valence-electron chi connectivity index (χ4n) is 0.642. The third-order valence-corrected chi connectivity index (χ3v) is 1.30. The molecule has 0 saturated carbocycles. The maximum absolute atomic E-state index is 10.8. The molecule has 0 aromatic heterocycles. The molecule has 74 valence electrons. The Kier molecular flexibility index (Phi) is 4.76. The number of aliphatic carboxylic acids is 1. The van der Waals surface area contributed by atoms with Gasteiger partial charge in [-0.1, -0.05) is 6.58 Å². The van der Waals surface area contributed by atoms with E-state index in [-0.39, 0.29) is 18.6 Å². The summed E-state index contributed by atoms with van der Waals surface area (Å²) in [4.78, 5) is 21.0. The van der Waals surface area contributed by atoms with Gasteiger partial charge in [-0.15, -0.1) is 0 Å². The summed E-state index contributed by atoms with van der Waals surface area (Å²) in [6.45, 7) is 4.91. The van der Waals surface area contributed by atoms with E-state index in [1.807, 2.05) is 0 Å². The molecule has 0 aliphatic rings. The molecule has 13 heavy (non-hydrogen) atoms. The molecular formula is C8H12O5. The number of ether oxygens (including phenoxy) is 1. The van der Waals surface area contributed by atoms with Gasteiger partial charge in [-0.25, -0.2) is 9.59 Å². The molecule has 0 aromatic rings. The third-order valence-electron chi connectivity index (χ3n) is 1.30. The van der Waals surface area contributed by atoms with E-state index in [1.165, 1.54) is 0 Å². The highest BCUT2D eigenvalue weighted by Gasteiger charge is 2.19. The molecule has 0 radical (unpaired) electrons. The Balaban J connectivity index is 3.99. The van der Waals surface area contributed by atoms with Crippen LogP contribution in [0.2, 0.25) is 0 Å². The highest BCUT2D eigenvalue weighted by molar-refractivity contribution is 5.87. The van der Waals surface area contributed by atoms with Crippen LogP contribution < -0.4 is 0 Å². The van der Waals surface area contributed by atoms with Crippen LogP contribution in [0, 0.1) is 0 Å². The molecule has 1 unspecified atom stereocenters. The molecule has 0 saturated heterocycles. The quantitative estimate of drug-likeness (QED) is 0.466. The van der Waals surface area contributed by atoms with Gasteiger partial charge in [-0.2, -0.15) is 0 Å². The van der Waals surface area contributed by atoms with Crippen LogP contribution in [0.25, 0.3) is 0 Å². The second-order valence-electron chi connectivity index (χ2n) is 2.38. The van der Waals surface area contributed by atoms with Gasteiger partial charge >= 0.3 is 11.9 Å². The number of esters is 1. The SMILES string of the molecule is C=C(CC(O)C(=O)OCC)C(=O)O. The van der Waals surface area contributed by atoms with E-state index in [9.17, 15) is 9.59 Å². The van der Waals surface area contributed by atoms with Gasteiger partial charge < -0.3 is 14.9 Å². The topological polar surface area (TPSA) is 83.8 Å². The standard InChI is InChI=1S/C8H12O5/c1-3-13-8(12)6(9)4-5(2)7(10)11/h6,9H,2-4H2,1H3,(H,10,11). The molecule has 0 aromatic carbocycles. The Bertz CT molecular complexity index is 221. The molecule has 0 fully saturated rings. The molecule has 0 rings (SSSR count). The van der Waals surface area contributed by atoms with Crippen molar-refractivity contribution in [3.63, 3.8) is 0 Å². The van der Waals surface area contributed by atoms with Crippen molar-refractivity contribution in [1.29, 1.82) is 0 Å². The Labute approximate surface area is 75.6 Å². The van der Waals surface area contributed by atoms with Gasteiger partial charge in [0.2, 0.25) is 0 Å². The van der Waals surface area contributed by atoms with Gasteiger partial charge in [0.1, 0.15) is 0 Å². The zero-order chi connectivity index (χ0) is 10.4. The summed E-state index contributed by atoms with van der Waals surface area (Å²) < 4.78 is 4.46. The van der Waals surface area contributed by atoms with Crippen LogP contribution in [0.5, 0.6) is 0 Å². The summed E-state index contributed by atoms with van der Waals surface area (Å²) in [5.41, 5.74) is -0.222. The Hall–Kier alpha value is -1.36. The number of carboxylic acids is 1. The summed E-state index contributed by atoms with van der Waals surface area (Å²) in [7, 11) is 0. The zero-order valence-electron chi connectivity index (χ0n) is 7.32. The second-order valence-corrected chi connectivity index (χ2v) is 2.38. The summed E-state index contributed by atoms with van der Waals surface area (Å²) in [6.07, 6.45) is -1.75. The molecule has 0 aliphatic heterocycles. The second kappa shape index (κ2) is 5.31. The van der Waals surface area contributed by atoms with Crippen LogP contribution in [-0.4, -0.2) is 34.9 Å². The molecule has 2 N–H and O–H groups in total. The lowest BCUT2D eigenvalue weighted by atomic mass is 10.1. The van der Waals surface area contributed by atoms with Gasteiger partial charge in [0, 0.05) is 12.0 Å². The molecule has 0 amide bonds. The van der Waals surface area contributed by atoms with Gasteiger partial charge in [0.15, 0.2) is 6.10 Å². The first kappa shape index (κ1) is 11.6. The normalized spacial score (nSPS) is 11.8. The Morgan fingerprint density at radius 1 is 1.54 bits per heavy atom. The molecule has 0 aliphatic carbocycles. The van der Waals surface area contributed by atoms with E-state index in [1.54, 1.807) is 6.92 Å². The fraction of sp³-hybridized carbons (Fsp3) is 0.500. The van der Waals surface area contributed by atoms with Crippen LogP contribution in [0.4, 0.5) is 0 Å². The van der Waals surface area contributed by atoms with Crippen molar-refractivity contribution in [2.24, 2.45) is 0 Å². The molecular weight excluding hydrogens is 176 g/mol. The van der Waals surface area contributed by atoms with E-state index in [2.05, 4.69) is 11.3 Å². The number of aliphatic hydroxyl groups is 1. The summed E-state index contributed by atoms with van der Waals surface area (Å²) in [5, 5.41) is 17.4. The van der Waals surface area contributed by atoms with E-state index in [4.69, 9.17) is 10.2 Å². The van der Waals surface area contributed by atoms with Gasteiger partial charge in [-0.05, 0) is 6.92 Å². The number of carbonyl (C=O) groups is 2. The van der Waals surface area contributed by atoms with E-state index in [0.29, 0.717) is 0 Å². The first-order valence-corrected chi connectivity index (χ1v) is 3.74. The van der Waals surface area contributed by atoms with E-state index >= 15 is 0 Å². The highest BCUT2D eigenvalue weighted by Crippen LogP contribution is 2.04. The molecule has 0 heterocycles. The number of hydrogen-bond acceptors (Lipinski definition) is 4. The van der Waals surface area contributed by atoms with Crippen LogP contribution in [0.3, 0.4) is 0 Å². The van der Waals surface area contributed by atoms with Crippen LogP contribution in [0.15, 0.2) is 12.2 Å². The molecule has 0 bridgehead atoms. The number of rotatable bonds is 5. The smallest absolute Gasteiger partial charge is 0.335 e. The van der Waals surface area contributed by atoms with Crippen LogP contribution >= 0.6 is 0 Å². The zero-order valence-corrected chi connectivity index (χ0v) is 7.32. The Morgan fingerprint density at radius 3 is 2.46 bits per heavy atom. The first-order valence-electron chi connectivity index (χ1n) is 3.74. The molecule has 5 heteroatoms. The van der Waals surface area contributed by atoms with Gasteiger partial charge in [-0.3, -0.25) is 0 Å². The predicted molar refractivity (Wildman–Crippen MR) is 44.0 cm³/mol. The molecule has 1 atom stereocenters. The van der Waals surface area contributed by atoms with Crippen molar-refractivity contribution in [2.45, 2.75) is 19.4 Å². The lowest BCUT2D eigenvalue weighted by Crippen LogP contribution is -2.24. The number of carboxylic acid groups (broad SMARTS) is 1. The average Bonchev–Trinajstić information content (AvgIpc) is 2.04. The minimum Gasteiger partial charge on any atom is -0.478 e. The number of carbonyl (C=O) groups excluding carboxylic acids is 1. The monoisotopic (exact) mass is 188 g/mol. The van der Waals surface area contributed by atoms with E-state index in [0.717, 1.165) is 0 Å². The summed E-state index contributed by atoms with van der Waals surface area (Å²) in [6, 6.07) is 0. The van der Waals surface area contributed by atoms with Crippen molar-refractivity contribution in [3.8, 4) is 0 Å². The minimum atomic E-state index is -1.44. The fourth-order valence-corrected chi connectivity index (χ4v) is 0.642. The number of hydrogen-bond donors (Lipinski definition) is 2.